The van der Waals surface area contributed by atoms with Crippen molar-refractivity contribution < 1.29 is 22.4 Å². The minimum atomic E-state index is -3.89. The topological polar surface area (TPSA) is 86.8 Å². The van der Waals surface area contributed by atoms with Crippen LogP contribution in [0.3, 0.4) is 0 Å². The summed E-state index contributed by atoms with van der Waals surface area (Å²) in [5.41, 5.74) is 1.90. The number of halogens is 1. The molecule has 0 aliphatic heterocycles. The Kier molecular flexibility index (Phi) is 9.40. The first-order valence-corrected chi connectivity index (χ1v) is 12.7. The molecule has 0 bridgehead atoms. The molecule has 0 spiro atoms. The molecule has 2 aromatic rings. The van der Waals surface area contributed by atoms with Gasteiger partial charge in [0.05, 0.1) is 11.9 Å². The van der Waals surface area contributed by atoms with Crippen molar-refractivity contribution in [1.82, 2.24) is 10.2 Å². The standard InChI is InChI=1S/C24H32FN3O4S/c1-5-6-14-26-24(30)19(3)27(16-20-12-10-18(2)11-13-20)23(29)17-28(33(4,31)32)22-9-7-8-21(25)15-22/h7-13,15,19H,5-6,14,16-17H2,1-4H3,(H,26,30)/t19-/m1/s1. The van der Waals surface area contributed by atoms with E-state index < -0.39 is 34.3 Å². The van der Waals surface area contributed by atoms with E-state index >= 15 is 0 Å². The molecule has 1 N–H and O–H groups in total. The van der Waals surface area contributed by atoms with Gasteiger partial charge >= 0.3 is 0 Å². The van der Waals surface area contributed by atoms with Gasteiger partial charge in [0.2, 0.25) is 21.8 Å². The average Bonchev–Trinajstić information content (AvgIpc) is 2.75. The van der Waals surface area contributed by atoms with Gasteiger partial charge in [0.25, 0.3) is 0 Å². The first-order chi connectivity index (χ1) is 15.5. The average molecular weight is 478 g/mol. The van der Waals surface area contributed by atoms with E-state index in [1.165, 1.54) is 23.1 Å². The number of amides is 2. The Morgan fingerprint density at radius 3 is 2.36 bits per heavy atom. The molecule has 33 heavy (non-hydrogen) atoms. The Labute approximate surface area is 195 Å². The van der Waals surface area contributed by atoms with Crippen LogP contribution < -0.4 is 9.62 Å². The summed E-state index contributed by atoms with van der Waals surface area (Å²) in [6.45, 7) is 5.63. The molecule has 2 amide bonds. The first-order valence-electron chi connectivity index (χ1n) is 10.9. The van der Waals surface area contributed by atoms with Crippen LogP contribution in [0.15, 0.2) is 48.5 Å². The number of anilines is 1. The van der Waals surface area contributed by atoms with Crippen LogP contribution in [0, 0.1) is 12.7 Å². The summed E-state index contributed by atoms with van der Waals surface area (Å²) in [5.74, 6) is -1.50. The fraction of sp³-hybridized carbons (Fsp3) is 0.417. The molecule has 0 unspecified atom stereocenters. The highest BCUT2D eigenvalue weighted by Gasteiger charge is 2.30. The van der Waals surface area contributed by atoms with E-state index in [0.29, 0.717) is 6.54 Å². The second kappa shape index (κ2) is 11.8. The minimum Gasteiger partial charge on any atom is -0.354 e. The van der Waals surface area contributed by atoms with E-state index in [4.69, 9.17) is 0 Å². The van der Waals surface area contributed by atoms with Gasteiger partial charge in [0, 0.05) is 13.1 Å². The first kappa shape index (κ1) is 26.3. The van der Waals surface area contributed by atoms with Gasteiger partial charge in [-0.05, 0) is 44.0 Å². The molecule has 1 atom stereocenters. The summed E-state index contributed by atoms with van der Waals surface area (Å²) in [4.78, 5) is 27.4. The van der Waals surface area contributed by atoms with Crippen molar-refractivity contribution >= 4 is 27.5 Å². The lowest BCUT2D eigenvalue weighted by molar-refractivity contribution is -0.139. The number of unbranched alkanes of at least 4 members (excludes halogenated alkanes) is 1. The second-order valence-corrected chi connectivity index (χ2v) is 9.98. The summed E-state index contributed by atoms with van der Waals surface area (Å²) < 4.78 is 39.5. The lowest BCUT2D eigenvalue weighted by Gasteiger charge is -2.31. The molecule has 0 saturated heterocycles. The SMILES string of the molecule is CCCCNC(=O)[C@@H](C)N(Cc1ccc(C)cc1)C(=O)CN(c1cccc(F)c1)S(C)(=O)=O. The molecule has 0 heterocycles. The summed E-state index contributed by atoms with van der Waals surface area (Å²) in [6, 6.07) is 11.7. The normalized spacial score (nSPS) is 12.2. The van der Waals surface area contributed by atoms with Crippen LogP contribution >= 0.6 is 0 Å². The number of rotatable bonds is 11. The molecule has 0 aromatic heterocycles. The summed E-state index contributed by atoms with van der Waals surface area (Å²) in [5, 5.41) is 2.82. The predicted molar refractivity (Wildman–Crippen MR) is 128 cm³/mol. The highest BCUT2D eigenvalue weighted by molar-refractivity contribution is 7.92. The van der Waals surface area contributed by atoms with Gasteiger partial charge in [-0.2, -0.15) is 0 Å². The molecule has 0 aliphatic carbocycles. The number of sulfonamides is 1. The Bertz CT molecular complexity index is 1060. The molecule has 0 saturated carbocycles. The van der Waals surface area contributed by atoms with Crippen LogP contribution in [0.2, 0.25) is 0 Å². The molecule has 2 rings (SSSR count). The molecule has 0 fully saturated rings. The van der Waals surface area contributed by atoms with Crippen LogP contribution in [0.5, 0.6) is 0 Å². The Hall–Kier alpha value is -2.94. The molecular weight excluding hydrogens is 445 g/mol. The number of nitrogens with zero attached hydrogens (tertiary/aromatic N) is 2. The number of hydrogen-bond donors (Lipinski definition) is 1. The van der Waals surface area contributed by atoms with Crippen LogP contribution in [0.25, 0.3) is 0 Å². The van der Waals surface area contributed by atoms with Crippen molar-refractivity contribution in [3.8, 4) is 0 Å². The zero-order valence-corrected chi connectivity index (χ0v) is 20.4. The van der Waals surface area contributed by atoms with Crippen LogP contribution in [-0.4, -0.2) is 50.5 Å². The van der Waals surface area contributed by atoms with E-state index in [9.17, 15) is 22.4 Å². The highest BCUT2D eigenvalue weighted by Crippen LogP contribution is 2.20. The molecule has 180 valence electrons. The van der Waals surface area contributed by atoms with Crippen molar-refractivity contribution in [3.05, 3.63) is 65.5 Å². The van der Waals surface area contributed by atoms with Gasteiger partial charge in [-0.25, -0.2) is 12.8 Å². The third-order valence-corrected chi connectivity index (χ3v) is 6.39. The summed E-state index contributed by atoms with van der Waals surface area (Å²) in [6.07, 6.45) is 2.68. The van der Waals surface area contributed by atoms with Gasteiger partial charge in [-0.3, -0.25) is 13.9 Å². The Balaban J connectivity index is 2.33. The smallest absolute Gasteiger partial charge is 0.244 e. The highest BCUT2D eigenvalue weighted by atomic mass is 32.2. The maximum Gasteiger partial charge on any atom is 0.244 e. The van der Waals surface area contributed by atoms with E-state index in [1.54, 1.807) is 6.92 Å². The third kappa shape index (κ3) is 7.85. The maximum absolute atomic E-state index is 13.7. The zero-order chi connectivity index (χ0) is 24.6. The molecule has 7 nitrogen and oxygen atoms in total. The van der Waals surface area contributed by atoms with Gasteiger partial charge in [0.1, 0.15) is 18.4 Å². The van der Waals surface area contributed by atoms with Crippen molar-refractivity contribution in [1.29, 1.82) is 0 Å². The van der Waals surface area contributed by atoms with Crippen molar-refractivity contribution in [3.63, 3.8) is 0 Å². The number of hydrogen-bond acceptors (Lipinski definition) is 4. The Morgan fingerprint density at radius 2 is 1.79 bits per heavy atom. The number of carbonyl (C=O) groups excluding carboxylic acids is 2. The van der Waals surface area contributed by atoms with E-state index in [1.807, 2.05) is 38.1 Å². The molecule has 0 aliphatic rings. The van der Waals surface area contributed by atoms with Crippen molar-refractivity contribution in [2.75, 3.05) is 23.7 Å². The van der Waals surface area contributed by atoms with Crippen molar-refractivity contribution in [2.24, 2.45) is 0 Å². The molecule has 0 radical (unpaired) electrons. The quantitative estimate of drug-likeness (QED) is 0.504. The Morgan fingerprint density at radius 1 is 1.12 bits per heavy atom. The van der Waals surface area contributed by atoms with E-state index in [2.05, 4.69) is 5.32 Å². The second-order valence-electron chi connectivity index (χ2n) is 8.08. The number of benzene rings is 2. The summed E-state index contributed by atoms with van der Waals surface area (Å²) >= 11 is 0. The lowest BCUT2D eigenvalue weighted by Crippen LogP contribution is -2.51. The maximum atomic E-state index is 13.7. The zero-order valence-electron chi connectivity index (χ0n) is 19.5. The summed E-state index contributed by atoms with van der Waals surface area (Å²) in [7, 11) is -3.89. The molecular formula is C24H32FN3O4S. The van der Waals surface area contributed by atoms with E-state index in [-0.39, 0.29) is 18.1 Å². The van der Waals surface area contributed by atoms with Crippen LogP contribution in [0.1, 0.15) is 37.8 Å². The largest absolute Gasteiger partial charge is 0.354 e. The van der Waals surface area contributed by atoms with Gasteiger partial charge in [-0.15, -0.1) is 0 Å². The van der Waals surface area contributed by atoms with E-state index in [0.717, 1.165) is 40.6 Å². The molecule has 9 heteroatoms. The monoisotopic (exact) mass is 477 g/mol. The fourth-order valence-corrected chi connectivity index (χ4v) is 4.10. The van der Waals surface area contributed by atoms with Gasteiger partial charge in [-0.1, -0.05) is 49.2 Å². The lowest BCUT2D eigenvalue weighted by atomic mass is 10.1. The molecule has 2 aromatic carbocycles. The van der Waals surface area contributed by atoms with Crippen LogP contribution in [0.4, 0.5) is 10.1 Å². The van der Waals surface area contributed by atoms with Gasteiger partial charge in [0.15, 0.2) is 0 Å². The minimum absolute atomic E-state index is 0.0428. The van der Waals surface area contributed by atoms with Crippen LogP contribution in [-0.2, 0) is 26.2 Å². The number of aryl methyl sites for hydroxylation is 1. The number of nitrogens with one attached hydrogen (secondary N) is 1. The predicted octanol–water partition coefficient (Wildman–Crippen LogP) is 3.23. The van der Waals surface area contributed by atoms with Crippen molar-refractivity contribution in [2.45, 2.75) is 46.2 Å². The third-order valence-electron chi connectivity index (χ3n) is 5.25. The fourth-order valence-electron chi connectivity index (χ4n) is 3.25. The van der Waals surface area contributed by atoms with Gasteiger partial charge < -0.3 is 10.2 Å². The number of carbonyl (C=O) groups is 2.